The minimum Gasteiger partial charge on any atom is -0.459 e. The largest absolute Gasteiger partial charge is 0.459 e. The van der Waals surface area contributed by atoms with E-state index in [1.54, 1.807) is 0 Å². The van der Waals surface area contributed by atoms with Gasteiger partial charge < -0.3 is 10.1 Å². The number of nitrogens with zero attached hydrogens (tertiary/aromatic N) is 1. The molecule has 3 aromatic carbocycles. The molecule has 4 rings (SSSR count). The van der Waals surface area contributed by atoms with E-state index in [1.165, 1.54) is 0 Å². The van der Waals surface area contributed by atoms with Gasteiger partial charge in [-0.2, -0.15) is 0 Å². The molecular formula is C28H30N2O3. The Hall–Kier alpha value is -3.44. The first-order chi connectivity index (χ1) is 16.0. The van der Waals surface area contributed by atoms with Crippen molar-refractivity contribution in [1.29, 1.82) is 0 Å². The van der Waals surface area contributed by atoms with Gasteiger partial charge in [0.1, 0.15) is 18.7 Å². The molecular weight excluding hydrogens is 412 g/mol. The Morgan fingerprint density at radius 3 is 1.97 bits per heavy atom. The first-order valence-electron chi connectivity index (χ1n) is 11.4. The summed E-state index contributed by atoms with van der Waals surface area (Å²) in [6.07, 6.45) is 0. The summed E-state index contributed by atoms with van der Waals surface area (Å²) < 4.78 is 5.52. The van der Waals surface area contributed by atoms with Crippen LogP contribution in [0.1, 0.15) is 36.6 Å². The van der Waals surface area contributed by atoms with Crippen LogP contribution in [0.4, 0.5) is 0 Å². The summed E-state index contributed by atoms with van der Waals surface area (Å²) in [5.41, 5.74) is 3.16. The molecule has 1 amide bonds. The second-order valence-electron chi connectivity index (χ2n) is 8.78. The molecule has 1 aliphatic rings. The van der Waals surface area contributed by atoms with Crippen LogP contribution in [0.15, 0.2) is 91.0 Å². The van der Waals surface area contributed by atoms with E-state index in [1.807, 2.05) is 92.7 Å². The fraction of sp³-hybridized carbons (Fsp3) is 0.286. The third-order valence-corrected chi connectivity index (χ3v) is 5.98. The van der Waals surface area contributed by atoms with Crippen molar-refractivity contribution in [2.45, 2.75) is 45.1 Å². The number of esters is 1. The summed E-state index contributed by atoms with van der Waals surface area (Å²) in [5.74, 6) is -0.641. The van der Waals surface area contributed by atoms with Gasteiger partial charge in [-0.25, -0.2) is 4.79 Å². The lowest BCUT2D eigenvalue weighted by atomic mass is 10.0. The highest BCUT2D eigenvalue weighted by molar-refractivity contribution is 5.90. The van der Waals surface area contributed by atoms with Crippen molar-refractivity contribution in [3.63, 3.8) is 0 Å². The van der Waals surface area contributed by atoms with Crippen molar-refractivity contribution in [2.75, 3.05) is 0 Å². The van der Waals surface area contributed by atoms with Gasteiger partial charge in [-0.3, -0.25) is 9.69 Å². The molecule has 5 heteroatoms. The highest BCUT2D eigenvalue weighted by Crippen LogP contribution is 2.44. The molecule has 0 radical (unpaired) electrons. The number of rotatable bonds is 9. The van der Waals surface area contributed by atoms with E-state index in [0.717, 1.165) is 16.7 Å². The Balaban J connectivity index is 1.44. The Morgan fingerprint density at radius 2 is 1.39 bits per heavy atom. The molecule has 1 fully saturated rings. The standard InChI is InChI=1S/C28H30N2O3/c1-20(2)24(28(32)33-19-22-14-8-4-9-15-22)29-27(31)26-25(23-16-10-5-11-17-23)30(26)18-21-12-6-3-7-13-21/h3-17,20,24-26H,18-19H2,1-2H3,(H,29,31)/t24-,25+,26+,30?/m0/s1. The lowest BCUT2D eigenvalue weighted by Crippen LogP contribution is -2.47. The molecule has 1 aliphatic heterocycles. The number of hydrogen-bond acceptors (Lipinski definition) is 4. The van der Waals surface area contributed by atoms with Gasteiger partial charge >= 0.3 is 5.97 Å². The molecule has 0 aliphatic carbocycles. The summed E-state index contributed by atoms with van der Waals surface area (Å²) in [5, 5.41) is 2.97. The van der Waals surface area contributed by atoms with Gasteiger partial charge in [0.2, 0.25) is 5.91 Å². The number of nitrogens with one attached hydrogen (secondary N) is 1. The second-order valence-corrected chi connectivity index (χ2v) is 8.78. The Labute approximate surface area is 195 Å². The van der Waals surface area contributed by atoms with E-state index in [-0.39, 0.29) is 30.5 Å². The molecule has 4 atom stereocenters. The molecule has 0 saturated carbocycles. The lowest BCUT2D eigenvalue weighted by molar-refractivity contribution is -0.150. The van der Waals surface area contributed by atoms with Crippen LogP contribution in [-0.4, -0.2) is 28.9 Å². The maximum atomic E-state index is 13.3. The predicted molar refractivity (Wildman–Crippen MR) is 128 cm³/mol. The number of benzene rings is 3. The summed E-state index contributed by atoms with van der Waals surface area (Å²) in [4.78, 5) is 28.3. The average molecular weight is 443 g/mol. The quantitative estimate of drug-likeness (QED) is 0.392. The van der Waals surface area contributed by atoms with Crippen molar-refractivity contribution in [3.8, 4) is 0 Å². The van der Waals surface area contributed by atoms with Crippen LogP contribution in [-0.2, 0) is 27.5 Å². The Bertz CT molecular complexity index is 1050. The molecule has 1 unspecified atom stereocenters. The minimum atomic E-state index is -0.697. The maximum Gasteiger partial charge on any atom is 0.329 e. The third-order valence-electron chi connectivity index (χ3n) is 5.98. The monoisotopic (exact) mass is 442 g/mol. The van der Waals surface area contributed by atoms with Crippen LogP contribution in [0.5, 0.6) is 0 Å². The summed E-state index contributed by atoms with van der Waals surface area (Å²) >= 11 is 0. The second kappa shape index (κ2) is 10.5. The van der Waals surface area contributed by atoms with Crippen LogP contribution in [0.25, 0.3) is 0 Å². The average Bonchev–Trinajstić information content (AvgIpc) is 3.56. The number of carbonyl (C=O) groups excluding carboxylic acids is 2. The van der Waals surface area contributed by atoms with E-state index in [2.05, 4.69) is 22.3 Å². The van der Waals surface area contributed by atoms with Gasteiger partial charge in [0, 0.05) is 6.54 Å². The number of carbonyl (C=O) groups is 2. The normalized spacial score (nSPS) is 20.2. The van der Waals surface area contributed by atoms with Crippen molar-refractivity contribution in [2.24, 2.45) is 5.92 Å². The molecule has 5 nitrogen and oxygen atoms in total. The summed E-state index contributed by atoms with van der Waals surface area (Å²) in [6, 6.07) is 28.7. The van der Waals surface area contributed by atoms with Gasteiger partial charge in [-0.1, -0.05) is 105 Å². The Morgan fingerprint density at radius 1 is 0.848 bits per heavy atom. The van der Waals surface area contributed by atoms with Crippen LogP contribution < -0.4 is 5.32 Å². The molecule has 1 N–H and O–H groups in total. The van der Waals surface area contributed by atoms with Crippen LogP contribution in [0.3, 0.4) is 0 Å². The van der Waals surface area contributed by atoms with Crippen molar-refractivity contribution in [3.05, 3.63) is 108 Å². The van der Waals surface area contributed by atoms with Crippen molar-refractivity contribution in [1.82, 2.24) is 10.2 Å². The summed E-state index contributed by atoms with van der Waals surface area (Å²) in [6.45, 7) is 4.69. The molecule has 3 aromatic rings. The van der Waals surface area contributed by atoms with Gasteiger partial charge in [0.15, 0.2) is 0 Å². The molecule has 1 heterocycles. The molecule has 1 saturated heterocycles. The van der Waals surface area contributed by atoms with Gasteiger partial charge in [-0.05, 0) is 22.6 Å². The zero-order chi connectivity index (χ0) is 23.2. The topological polar surface area (TPSA) is 58.4 Å². The SMILES string of the molecule is CC(C)[C@H](NC(=O)[C@H]1[C@@H](c2ccccc2)N1Cc1ccccc1)C(=O)OCc1ccccc1. The van der Waals surface area contributed by atoms with E-state index < -0.39 is 12.0 Å². The smallest absolute Gasteiger partial charge is 0.329 e. The minimum absolute atomic E-state index is 0.0143. The molecule has 0 spiro atoms. The van der Waals surface area contributed by atoms with Gasteiger partial charge in [0.05, 0.1) is 6.04 Å². The molecule has 33 heavy (non-hydrogen) atoms. The number of ether oxygens (including phenoxy) is 1. The van der Waals surface area contributed by atoms with E-state index in [9.17, 15) is 9.59 Å². The molecule has 0 bridgehead atoms. The lowest BCUT2D eigenvalue weighted by Gasteiger charge is -2.21. The zero-order valence-corrected chi connectivity index (χ0v) is 19.1. The van der Waals surface area contributed by atoms with Crippen LogP contribution >= 0.6 is 0 Å². The first kappa shape index (κ1) is 22.7. The highest BCUT2D eigenvalue weighted by atomic mass is 16.5. The molecule has 170 valence electrons. The van der Waals surface area contributed by atoms with E-state index in [0.29, 0.717) is 6.54 Å². The highest BCUT2D eigenvalue weighted by Gasteiger charge is 2.53. The Kier molecular flexibility index (Phi) is 7.20. The third kappa shape index (κ3) is 5.68. The van der Waals surface area contributed by atoms with Crippen molar-refractivity contribution < 1.29 is 14.3 Å². The van der Waals surface area contributed by atoms with E-state index in [4.69, 9.17) is 4.74 Å². The fourth-order valence-corrected chi connectivity index (χ4v) is 4.14. The van der Waals surface area contributed by atoms with E-state index >= 15 is 0 Å². The van der Waals surface area contributed by atoms with Gasteiger partial charge in [0.25, 0.3) is 0 Å². The zero-order valence-electron chi connectivity index (χ0n) is 19.1. The summed E-state index contributed by atoms with van der Waals surface area (Å²) in [7, 11) is 0. The van der Waals surface area contributed by atoms with Crippen LogP contribution in [0.2, 0.25) is 0 Å². The maximum absolute atomic E-state index is 13.3. The first-order valence-corrected chi connectivity index (χ1v) is 11.4. The van der Waals surface area contributed by atoms with Crippen molar-refractivity contribution >= 4 is 11.9 Å². The van der Waals surface area contributed by atoms with Gasteiger partial charge in [-0.15, -0.1) is 0 Å². The fourth-order valence-electron chi connectivity index (χ4n) is 4.14. The molecule has 0 aromatic heterocycles. The van der Waals surface area contributed by atoms with Crippen LogP contribution in [0, 0.1) is 5.92 Å². The number of hydrogen-bond donors (Lipinski definition) is 1. The number of amides is 1. The predicted octanol–water partition coefficient (Wildman–Crippen LogP) is 4.50.